The fraction of sp³-hybridized carbons (Fsp3) is 1.00. The van der Waals surface area contributed by atoms with E-state index >= 15 is 0 Å². The smallest absolute Gasteiger partial charge is 0.0197 e. The molecule has 1 aliphatic heterocycles. The van der Waals surface area contributed by atoms with E-state index in [1.807, 2.05) is 0 Å². The molecule has 2 fully saturated rings. The minimum absolute atomic E-state index is 0.754. The number of likely N-dealkylation sites (N-methyl/N-ethyl adjacent to an activating group) is 1. The SMILES string of the molecule is CC1CCC(NC2CCCN(C)C2)CC1C. The van der Waals surface area contributed by atoms with Gasteiger partial charge >= 0.3 is 0 Å². The molecule has 2 aliphatic rings. The number of nitrogens with zero attached hydrogens (tertiary/aromatic N) is 1. The first-order valence-electron chi connectivity index (χ1n) is 7.09. The first-order valence-corrected chi connectivity index (χ1v) is 7.09. The lowest BCUT2D eigenvalue weighted by Gasteiger charge is -2.38. The number of piperidine rings is 1. The summed E-state index contributed by atoms with van der Waals surface area (Å²) in [5.74, 6) is 1.85. The van der Waals surface area contributed by atoms with Gasteiger partial charge in [0.15, 0.2) is 0 Å². The Bertz CT molecular complexity index is 217. The van der Waals surface area contributed by atoms with Crippen LogP contribution in [0.5, 0.6) is 0 Å². The lowest BCUT2D eigenvalue weighted by atomic mass is 9.79. The highest BCUT2D eigenvalue weighted by molar-refractivity contribution is 4.85. The Labute approximate surface area is 101 Å². The van der Waals surface area contributed by atoms with E-state index in [4.69, 9.17) is 0 Å². The second kappa shape index (κ2) is 5.50. The molecule has 4 unspecified atom stereocenters. The van der Waals surface area contributed by atoms with Crippen LogP contribution in [0.15, 0.2) is 0 Å². The lowest BCUT2D eigenvalue weighted by molar-refractivity contribution is 0.174. The van der Waals surface area contributed by atoms with Crippen LogP contribution in [0, 0.1) is 11.8 Å². The van der Waals surface area contributed by atoms with Gasteiger partial charge in [-0.25, -0.2) is 0 Å². The van der Waals surface area contributed by atoms with Crippen LogP contribution in [0.4, 0.5) is 0 Å². The Balaban J connectivity index is 1.76. The summed E-state index contributed by atoms with van der Waals surface area (Å²) in [5, 5.41) is 3.90. The van der Waals surface area contributed by atoms with Crippen LogP contribution in [0.25, 0.3) is 0 Å². The molecular weight excluding hydrogens is 196 g/mol. The van der Waals surface area contributed by atoms with Crippen LogP contribution >= 0.6 is 0 Å². The molecule has 2 heteroatoms. The minimum atomic E-state index is 0.754. The zero-order valence-electron chi connectivity index (χ0n) is 11.2. The molecule has 2 rings (SSSR count). The predicted octanol–water partition coefficient (Wildman–Crippen LogP) is 2.49. The molecule has 0 radical (unpaired) electrons. The van der Waals surface area contributed by atoms with Crippen LogP contribution in [0.3, 0.4) is 0 Å². The van der Waals surface area contributed by atoms with E-state index in [1.165, 1.54) is 45.2 Å². The monoisotopic (exact) mass is 224 g/mol. The third-order valence-electron chi connectivity index (χ3n) is 4.69. The third-order valence-corrected chi connectivity index (χ3v) is 4.69. The van der Waals surface area contributed by atoms with Crippen LogP contribution in [-0.4, -0.2) is 37.1 Å². The zero-order chi connectivity index (χ0) is 11.5. The number of nitrogens with one attached hydrogen (secondary N) is 1. The van der Waals surface area contributed by atoms with Gasteiger partial charge in [0.1, 0.15) is 0 Å². The van der Waals surface area contributed by atoms with Crippen molar-refractivity contribution in [3.63, 3.8) is 0 Å². The van der Waals surface area contributed by atoms with E-state index in [0.717, 1.165) is 23.9 Å². The first-order chi connectivity index (χ1) is 7.65. The number of hydrogen-bond donors (Lipinski definition) is 1. The summed E-state index contributed by atoms with van der Waals surface area (Å²) in [5.41, 5.74) is 0. The molecule has 0 aromatic heterocycles. The molecular formula is C14H28N2. The third kappa shape index (κ3) is 3.21. The maximum absolute atomic E-state index is 3.90. The fourth-order valence-corrected chi connectivity index (χ4v) is 3.33. The van der Waals surface area contributed by atoms with E-state index in [9.17, 15) is 0 Å². The summed E-state index contributed by atoms with van der Waals surface area (Å²) < 4.78 is 0. The molecule has 0 amide bonds. The van der Waals surface area contributed by atoms with Crippen molar-refractivity contribution in [2.75, 3.05) is 20.1 Å². The topological polar surface area (TPSA) is 15.3 Å². The summed E-state index contributed by atoms with van der Waals surface area (Å²) in [6.07, 6.45) is 6.95. The molecule has 16 heavy (non-hydrogen) atoms. The highest BCUT2D eigenvalue weighted by Crippen LogP contribution is 2.29. The maximum Gasteiger partial charge on any atom is 0.0197 e. The summed E-state index contributed by atoms with van der Waals surface area (Å²) in [7, 11) is 2.25. The first kappa shape index (κ1) is 12.4. The van der Waals surface area contributed by atoms with Crippen LogP contribution in [-0.2, 0) is 0 Å². The van der Waals surface area contributed by atoms with E-state index < -0.39 is 0 Å². The molecule has 1 saturated heterocycles. The molecule has 0 aromatic carbocycles. The highest BCUT2D eigenvalue weighted by atomic mass is 15.1. The van der Waals surface area contributed by atoms with E-state index in [0.29, 0.717) is 0 Å². The zero-order valence-corrected chi connectivity index (χ0v) is 11.2. The van der Waals surface area contributed by atoms with Gasteiger partial charge in [0.05, 0.1) is 0 Å². The molecule has 1 N–H and O–H groups in total. The van der Waals surface area contributed by atoms with E-state index in [2.05, 4.69) is 31.1 Å². The van der Waals surface area contributed by atoms with Gasteiger partial charge in [-0.05, 0) is 57.5 Å². The van der Waals surface area contributed by atoms with Crippen LogP contribution < -0.4 is 5.32 Å². The predicted molar refractivity (Wildman–Crippen MR) is 69.6 cm³/mol. The average Bonchev–Trinajstić information content (AvgIpc) is 2.24. The molecule has 4 atom stereocenters. The van der Waals surface area contributed by atoms with Gasteiger partial charge in [-0.2, -0.15) is 0 Å². The molecule has 1 heterocycles. The largest absolute Gasteiger partial charge is 0.310 e. The molecule has 1 aliphatic carbocycles. The number of rotatable bonds is 2. The standard InChI is InChI=1S/C14H28N2/c1-11-6-7-13(9-12(11)2)15-14-5-4-8-16(3)10-14/h11-15H,4-10H2,1-3H3. The Morgan fingerprint density at radius 3 is 2.50 bits per heavy atom. The van der Waals surface area contributed by atoms with E-state index in [1.54, 1.807) is 0 Å². The number of hydrogen-bond acceptors (Lipinski definition) is 2. The van der Waals surface area contributed by atoms with Gasteiger partial charge < -0.3 is 10.2 Å². The van der Waals surface area contributed by atoms with Gasteiger partial charge in [-0.15, -0.1) is 0 Å². The Morgan fingerprint density at radius 1 is 1.00 bits per heavy atom. The van der Waals surface area contributed by atoms with Crippen molar-refractivity contribution < 1.29 is 0 Å². The van der Waals surface area contributed by atoms with Gasteiger partial charge in [0.2, 0.25) is 0 Å². The van der Waals surface area contributed by atoms with Crippen molar-refractivity contribution in [2.45, 2.75) is 58.0 Å². The molecule has 0 bridgehead atoms. The summed E-state index contributed by atoms with van der Waals surface area (Å²) in [6.45, 7) is 7.37. The minimum Gasteiger partial charge on any atom is -0.310 e. The van der Waals surface area contributed by atoms with Crippen molar-refractivity contribution in [1.29, 1.82) is 0 Å². The average molecular weight is 224 g/mol. The molecule has 0 spiro atoms. The molecule has 2 nitrogen and oxygen atoms in total. The Hall–Kier alpha value is -0.0800. The molecule has 1 saturated carbocycles. The van der Waals surface area contributed by atoms with E-state index in [-0.39, 0.29) is 0 Å². The van der Waals surface area contributed by atoms with Crippen molar-refractivity contribution >= 4 is 0 Å². The van der Waals surface area contributed by atoms with Crippen LogP contribution in [0.1, 0.15) is 46.0 Å². The second-order valence-electron chi connectivity index (χ2n) is 6.23. The normalized spacial score (nSPS) is 42.2. The Kier molecular flexibility index (Phi) is 4.26. The Morgan fingerprint density at radius 2 is 1.81 bits per heavy atom. The number of likely N-dealkylation sites (tertiary alicyclic amines) is 1. The summed E-state index contributed by atoms with van der Waals surface area (Å²) in [6, 6.07) is 1.55. The molecule has 0 aromatic rings. The summed E-state index contributed by atoms with van der Waals surface area (Å²) in [4.78, 5) is 2.47. The van der Waals surface area contributed by atoms with Crippen molar-refractivity contribution in [2.24, 2.45) is 11.8 Å². The fourth-order valence-electron chi connectivity index (χ4n) is 3.33. The molecule has 94 valence electrons. The lowest BCUT2D eigenvalue weighted by Crippen LogP contribution is -2.49. The van der Waals surface area contributed by atoms with Crippen molar-refractivity contribution in [3.8, 4) is 0 Å². The quantitative estimate of drug-likeness (QED) is 0.775. The van der Waals surface area contributed by atoms with Gasteiger partial charge in [-0.3, -0.25) is 0 Å². The van der Waals surface area contributed by atoms with Crippen molar-refractivity contribution in [3.05, 3.63) is 0 Å². The van der Waals surface area contributed by atoms with Gasteiger partial charge in [0.25, 0.3) is 0 Å². The van der Waals surface area contributed by atoms with Gasteiger partial charge in [-0.1, -0.05) is 13.8 Å². The highest BCUT2D eigenvalue weighted by Gasteiger charge is 2.27. The second-order valence-corrected chi connectivity index (χ2v) is 6.23. The van der Waals surface area contributed by atoms with Gasteiger partial charge in [0, 0.05) is 18.6 Å². The van der Waals surface area contributed by atoms with Crippen LogP contribution in [0.2, 0.25) is 0 Å². The maximum atomic E-state index is 3.90. The van der Waals surface area contributed by atoms with Crippen molar-refractivity contribution in [1.82, 2.24) is 10.2 Å². The summed E-state index contributed by atoms with van der Waals surface area (Å²) >= 11 is 0.